The molecule has 6 heteroatoms. The van der Waals surface area contributed by atoms with Crippen LogP contribution in [0.2, 0.25) is 0 Å². The molecule has 0 unspecified atom stereocenters. The summed E-state index contributed by atoms with van der Waals surface area (Å²) in [6.45, 7) is 0.258. The molecule has 0 radical (unpaired) electrons. The molecule has 106 valence electrons. The lowest BCUT2D eigenvalue weighted by Gasteiger charge is -2.22. The molecule has 0 bridgehead atoms. The lowest BCUT2D eigenvalue weighted by molar-refractivity contribution is 0.192. The summed E-state index contributed by atoms with van der Waals surface area (Å²) in [5, 5.41) is 3.89. The van der Waals surface area contributed by atoms with E-state index in [9.17, 15) is 0 Å². The average molecular weight is 291 g/mol. The zero-order valence-electron chi connectivity index (χ0n) is 11.1. The molecule has 2 heterocycles. The standard InChI is InChI=1S/C14H17N3O2S/c15-9-13-16-14(17-19-13)10-1-3-11(4-2-10)18-12-5-7-20-8-6-12/h1-4,12H,5-9,15H2. The first kappa shape index (κ1) is 13.5. The molecule has 1 aliphatic rings. The van der Waals surface area contributed by atoms with Crippen LogP contribution in [0.3, 0.4) is 0 Å². The number of benzene rings is 1. The fourth-order valence-electron chi connectivity index (χ4n) is 2.12. The zero-order chi connectivity index (χ0) is 13.8. The van der Waals surface area contributed by atoms with Crippen LogP contribution < -0.4 is 10.5 Å². The Kier molecular flexibility index (Phi) is 4.22. The van der Waals surface area contributed by atoms with Crippen molar-refractivity contribution in [1.82, 2.24) is 10.1 Å². The molecular formula is C14H17N3O2S. The summed E-state index contributed by atoms with van der Waals surface area (Å²) >= 11 is 2.00. The first-order valence-electron chi connectivity index (χ1n) is 6.72. The van der Waals surface area contributed by atoms with Gasteiger partial charge in [-0.2, -0.15) is 16.7 Å². The lowest BCUT2D eigenvalue weighted by Crippen LogP contribution is -2.21. The summed E-state index contributed by atoms with van der Waals surface area (Å²) in [5.41, 5.74) is 6.35. The molecule has 20 heavy (non-hydrogen) atoms. The average Bonchev–Trinajstić information content (AvgIpc) is 2.98. The third-order valence-corrected chi connectivity index (χ3v) is 4.28. The minimum atomic E-state index is 0.258. The number of ether oxygens (including phenoxy) is 1. The second kappa shape index (κ2) is 6.28. The lowest BCUT2D eigenvalue weighted by atomic mass is 10.2. The highest BCUT2D eigenvalue weighted by molar-refractivity contribution is 7.99. The third-order valence-electron chi connectivity index (χ3n) is 3.23. The molecule has 1 saturated heterocycles. The van der Waals surface area contributed by atoms with Crippen molar-refractivity contribution in [1.29, 1.82) is 0 Å². The summed E-state index contributed by atoms with van der Waals surface area (Å²) in [7, 11) is 0. The summed E-state index contributed by atoms with van der Waals surface area (Å²) in [5.74, 6) is 4.28. The van der Waals surface area contributed by atoms with Crippen molar-refractivity contribution in [3.63, 3.8) is 0 Å². The fraction of sp³-hybridized carbons (Fsp3) is 0.429. The van der Waals surface area contributed by atoms with Gasteiger partial charge in [0.15, 0.2) is 0 Å². The summed E-state index contributed by atoms with van der Waals surface area (Å²) in [6, 6.07) is 7.79. The zero-order valence-corrected chi connectivity index (χ0v) is 11.9. The molecule has 0 amide bonds. The molecule has 2 aromatic rings. The molecule has 1 aromatic heterocycles. The fourth-order valence-corrected chi connectivity index (χ4v) is 3.19. The van der Waals surface area contributed by atoms with E-state index >= 15 is 0 Å². The topological polar surface area (TPSA) is 74.2 Å². The molecule has 2 N–H and O–H groups in total. The maximum absolute atomic E-state index is 5.97. The quantitative estimate of drug-likeness (QED) is 0.932. The summed E-state index contributed by atoms with van der Waals surface area (Å²) in [6.07, 6.45) is 2.59. The van der Waals surface area contributed by atoms with E-state index in [1.54, 1.807) is 0 Å². The van der Waals surface area contributed by atoms with Crippen LogP contribution in [-0.2, 0) is 6.54 Å². The van der Waals surface area contributed by atoms with Crippen LogP contribution in [0, 0.1) is 0 Å². The van der Waals surface area contributed by atoms with E-state index in [1.807, 2.05) is 36.0 Å². The maximum atomic E-state index is 5.97. The SMILES string of the molecule is NCc1nc(-c2ccc(OC3CCSCC3)cc2)no1. The van der Waals surface area contributed by atoms with Crippen molar-refractivity contribution in [2.75, 3.05) is 11.5 Å². The van der Waals surface area contributed by atoms with Crippen LogP contribution in [-0.4, -0.2) is 27.8 Å². The van der Waals surface area contributed by atoms with Gasteiger partial charge in [-0.25, -0.2) is 0 Å². The second-order valence-electron chi connectivity index (χ2n) is 4.67. The Balaban J connectivity index is 1.67. The Morgan fingerprint density at radius 3 is 2.65 bits per heavy atom. The Morgan fingerprint density at radius 1 is 1.25 bits per heavy atom. The van der Waals surface area contributed by atoms with Crippen LogP contribution in [0.25, 0.3) is 11.4 Å². The van der Waals surface area contributed by atoms with E-state index in [-0.39, 0.29) is 6.54 Å². The highest BCUT2D eigenvalue weighted by Gasteiger charge is 2.15. The molecule has 0 atom stereocenters. The van der Waals surface area contributed by atoms with Gasteiger partial charge in [0.05, 0.1) is 6.54 Å². The third kappa shape index (κ3) is 3.13. The van der Waals surface area contributed by atoms with Gasteiger partial charge in [-0.15, -0.1) is 0 Å². The normalized spacial score (nSPS) is 16.2. The van der Waals surface area contributed by atoms with E-state index in [2.05, 4.69) is 10.1 Å². The molecule has 1 fully saturated rings. The molecule has 0 saturated carbocycles. The minimum absolute atomic E-state index is 0.258. The van der Waals surface area contributed by atoms with Crippen LogP contribution in [0.4, 0.5) is 0 Å². The van der Waals surface area contributed by atoms with Crippen LogP contribution in [0.5, 0.6) is 5.75 Å². The molecule has 1 aromatic carbocycles. The Labute approximate surface area is 121 Å². The largest absolute Gasteiger partial charge is 0.490 e. The van der Waals surface area contributed by atoms with Crippen LogP contribution in [0.15, 0.2) is 28.8 Å². The van der Waals surface area contributed by atoms with Gasteiger partial charge >= 0.3 is 0 Å². The molecule has 3 rings (SSSR count). The Hall–Kier alpha value is -1.53. The summed E-state index contributed by atoms with van der Waals surface area (Å²) in [4.78, 5) is 4.20. The molecule has 1 aliphatic heterocycles. The van der Waals surface area contributed by atoms with Crippen LogP contribution >= 0.6 is 11.8 Å². The molecule has 5 nitrogen and oxygen atoms in total. The number of aromatic nitrogens is 2. The van der Waals surface area contributed by atoms with E-state index in [0.717, 1.165) is 24.2 Å². The van der Waals surface area contributed by atoms with Gasteiger partial charge in [-0.05, 0) is 48.6 Å². The second-order valence-corrected chi connectivity index (χ2v) is 5.89. The first-order chi connectivity index (χ1) is 9.85. The number of nitrogens with zero attached hydrogens (tertiary/aromatic N) is 2. The monoisotopic (exact) mass is 291 g/mol. The minimum Gasteiger partial charge on any atom is -0.490 e. The highest BCUT2D eigenvalue weighted by atomic mass is 32.2. The van der Waals surface area contributed by atoms with Crippen molar-refractivity contribution < 1.29 is 9.26 Å². The van der Waals surface area contributed by atoms with E-state index in [1.165, 1.54) is 11.5 Å². The highest BCUT2D eigenvalue weighted by Crippen LogP contribution is 2.24. The predicted octanol–water partition coefficient (Wildman–Crippen LogP) is 2.47. The number of nitrogens with two attached hydrogens (primary N) is 1. The Bertz CT molecular complexity index is 550. The number of rotatable bonds is 4. The predicted molar refractivity (Wildman–Crippen MR) is 78.6 cm³/mol. The summed E-state index contributed by atoms with van der Waals surface area (Å²) < 4.78 is 11.0. The smallest absolute Gasteiger partial charge is 0.240 e. The molecule has 0 spiro atoms. The van der Waals surface area contributed by atoms with Gasteiger partial charge in [-0.3, -0.25) is 0 Å². The van der Waals surface area contributed by atoms with Crippen molar-refractivity contribution in [2.24, 2.45) is 5.73 Å². The maximum Gasteiger partial charge on any atom is 0.240 e. The van der Waals surface area contributed by atoms with Crippen molar-refractivity contribution in [3.8, 4) is 17.1 Å². The number of thioether (sulfide) groups is 1. The van der Waals surface area contributed by atoms with Crippen molar-refractivity contribution in [3.05, 3.63) is 30.2 Å². The first-order valence-corrected chi connectivity index (χ1v) is 7.88. The van der Waals surface area contributed by atoms with Crippen molar-refractivity contribution >= 4 is 11.8 Å². The van der Waals surface area contributed by atoms with E-state index in [0.29, 0.717) is 17.8 Å². The molecular weight excluding hydrogens is 274 g/mol. The van der Waals surface area contributed by atoms with Gasteiger partial charge in [0.25, 0.3) is 0 Å². The van der Waals surface area contributed by atoms with Gasteiger partial charge in [-0.1, -0.05) is 5.16 Å². The van der Waals surface area contributed by atoms with Gasteiger partial charge in [0.2, 0.25) is 11.7 Å². The number of hydrogen-bond acceptors (Lipinski definition) is 6. The molecule has 0 aliphatic carbocycles. The number of hydrogen-bond donors (Lipinski definition) is 1. The van der Waals surface area contributed by atoms with Crippen LogP contribution in [0.1, 0.15) is 18.7 Å². The van der Waals surface area contributed by atoms with Gasteiger partial charge in [0.1, 0.15) is 11.9 Å². The Morgan fingerprint density at radius 2 is 2.00 bits per heavy atom. The van der Waals surface area contributed by atoms with E-state index < -0.39 is 0 Å². The van der Waals surface area contributed by atoms with Gasteiger partial charge in [0, 0.05) is 5.56 Å². The van der Waals surface area contributed by atoms with Crippen molar-refractivity contribution in [2.45, 2.75) is 25.5 Å². The van der Waals surface area contributed by atoms with Gasteiger partial charge < -0.3 is 15.0 Å². The van der Waals surface area contributed by atoms with E-state index in [4.69, 9.17) is 15.0 Å².